The number of aliphatic hydroxyl groups excluding tert-OH is 1. The zero-order valence-electron chi connectivity index (χ0n) is 14.6. The Labute approximate surface area is 148 Å². The van der Waals surface area contributed by atoms with Crippen LogP contribution in [0, 0.1) is 5.92 Å². The number of benzene rings is 1. The van der Waals surface area contributed by atoms with E-state index in [2.05, 4.69) is 41.5 Å². The molecule has 1 heterocycles. The fourth-order valence-corrected chi connectivity index (χ4v) is 3.15. The molecule has 2 aromatic rings. The lowest BCUT2D eigenvalue weighted by Gasteiger charge is -2.14. The normalized spacial score (nSPS) is 12.4. The molecule has 2 rings (SSSR count). The zero-order valence-corrected chi connectivity index (χ0v) is 15.4. The van der Waals surface area contributed by atoms with E-state index in [0.717, 1.165) is 22.7 Å². The number of amides is 1. The van der Waals surface area contributed by atoms with Gasteiger partial charge in [-0.15, -0.1) is 11.3 Å². The Kier molecular flexibility index (Phi) is 6.94. The van der Waals surface area contributed by atoms with E-state index in [9.17, 15) is 9.90 Å². The van der Waals surface area contributed by atoms with E-state index in [-0.39, 0.29) is 24.3 Å². The summed E-state index contributed by atoms with van der Waals surface area (Å²) in [5.74, 6) is 0.159. The fraction of sp³-hybridized carbons (Fsp3) is 0.474. The van der Waals surface area contributed by atoms with Gasteiger partial charge in [-0.1, -0.05) is 45.0 Å². The molecule has 4 nitrogen and oxygen atoms in total. The van der Waals surface area contributed by atoms with Crippen molar-refractivity contribution in [2.75, 3.05) is 6.54 Å². The number of aromatic nitrogens is 1. The lowest BCUT2D eigenvalue weighted by molar-refractivity contribution is -0.120. The van der Waals surface area contributed by atoms with Crippen LogP contribution in [-0.2, 0) is 17.6 Å². The van der Waals surface area contributed by atoms with Gasteiger partial charge in [-0.2, -0.15) is 0 Å². The van der Waals surface area contributed by atoms with Gasteiger partial charge < -0.3 is 10.4 Å². The maximum atomic E-state index is 12.0. The largest absolute Gasteiger partial charge is 0.393 e. The van der Waals surface area contributed by atoms with E-state index >= 15 is 0 Å². The van der Waals surface area contributed by atoms with Crippen LogP contribution in [-0.4, -0.2) is 28.6 Å². The lowest BCUT2D eigenvalue weighted by atomic mass is 10.0. The van der Waals surface area contributed by atoms with Gasteiger partial charge >= 0.3 is 0 Å². The maximum absolute atomic E-state index is 12.0. The van der Waals surface area contributed by atoms with Crippen LogP contribution in [0.4, 0.5) is 0 Å². The molecule has 0 bridgehead atoms. The van der Waals surface area contributed by atoms with Crippen LogP contribution in [0.3, 0.4) is 0 Å². The van der Waals surface area contributed by atoms with Gasteiger partial charge in [0.1, 0.15) is 5.01 Å². The number of nitrogens with zero attached hydrogens (tertiary/aromatic N) is 1. The third kappa shape index (κ3) is 5.42. The molecule has 0 aliphatic heterocycles. The van der Waals surface area contributed by atoms with Gasteiger partial charge in [0.2, 0.25) is 5.91 Å². The van der Waals surface area contributed by atoms with E-state index in [1.54, 1.807) is 11.3 Å². The van der Waals surface area contributed by atoms with Crippen molar-refractivity contribution >= 4 is 17.2 Å². The molecule has 0 spiro atoms. The van der Waals surface area contributed by atoms with E-state index in [1.807, 2.05) is 19.2 Å². The lowest BCUT2D eigenvalue weighted by Crippen LogP contribution is -2.29. The number of hydrogen-bond acceptors (Lipinski definition) is 4. The maximum Gasteiger partial charge on any atom is 0.226 e. The molecule has 1 aromatic carbocycles. The van der Waals surface area contributed by atoms with Crippen LogP contribution in [0.2, 0.25) is 0 Å². The van der Waals surface area contributed by atoms with E-state index in [4.69, 9.17) is 0 Å². The van der Waals surface area contributed by atoms with Crippen molar-refractivity contribution in [1.82, 2.24) is 10.3 Å². The van der Waals surface area contributed by atoms with E-state index in [0.29, 0.717) is 13.0 Å². The third-order valence-corrected chi connectivity index (χ3v) is 4.97. The first-order valence-electron chi connectivity index (χ1n) is 8.48. The SMILES string of the molecule is CCc1ccc(-c2nc(CC(=O)NCCC(O)C(C)C)cs2)cc1. The first-order chi connectivity index (χ1) is 11.5. The summed E-state index contributed by atoms with van der Waals surface area (Å²) in [5, 5.41) is 15.5. The Morgan fingerprint density at radius 2 is 2.00 bits per heavy atom. The van der Waals surface area contributed by atoms with Crippen molar-refractivity contribution in [1.29, 1.82) is 0 Å². The molecule has 2 N–H and O–H groups in total. The third-order valence-electron chi connectivity index (χ3n) is 4.03. The highest BCUT2D eigenvalue weighted by Crippen LogP contribution is 2.24. The number of aliphatic hydroxyl groups is 1. The molecule has 1 aromatic heterocycles. The second-order valence-electron chi connectivity index (χ2n) is 6.32. The van der Waals surface area contributed by atoms with Crippen molar-refractivity contribution in [3.05, 3.63) is 40.9 Å². The first-order valence-corrected chi connectivity index (χ1v) is 9.36. The monoisotopic (exact) mass is 346 g/mol. The Hall–Kier alpha value is -1.72. The predicted octanol–water partition coefficient (Wildman–Crippen LogP) is 3.44. The molecule has 0 aliphatic rings. The van der Waals surface area contributed by atoms with Gasteiger partial charge in [-0.05, 0) is 24.3 Å². The van der Waals surface area contributed by atoms with Crippen LogP contribution in [0.25, 0.3) is 10.6 Å². The van der Waals surface area contributed by atoms with Crippen LogP contribution < -0.4 is 5.32 Å². The van der Waals surface area contributed by atoms with Crippen molar-refractivity contribution in [2.24, 2.45) is 5.92 Å². The average molecular weight is 346 g/mol. The average Bonchev–Trinajstić information content (AvgIpc) is 3.03. The summed E-state index contributed by atoms with van der Waals surface area (Å²) < 4.78 is 0. The van der Waals surface area contributed by atoms with Crippen LogP contribution >= 0.6 is 11.3 Å². The molecule has 0 radical (unpaired) electrons. The number of thiazole rings is 1. The topological polar surface area (TPSA) is 62.2 Å². The number of rotatable bonds is 8. The standard InChI is InChI=1S/C19H26N2O2S/c1-4-14-5-7-15(8-6-14)19-21-16(12-24-19)11-18(23)20-10-9-17(22)13(2)3/h5-8,12-13,17,22H,4,9-11H2,1-3H3,(H,20,23). The van der Waals surface area contributed by atoms with Crippen molar-refractivity contribution < 1.29 is 9.90 Å². The fourth-order valence-electron chi connectivity index (χ4n) is 2.32. The molecule has 1 amide bonds. The Bertz CT molecular complexity index is 650. The molecule has 0 saturated carbocycles. The summed E-state index contributed by atoms with van der Waals surface area (Å²) in [6.45, 7) is 6.57. The van der Waals surface area contributed by atoms with E-state index < -0.39 is 0 Å². The molecular weight excluding hydrogens is 320 g/mol. The molecule has 0 fully saturated rings. The minimum absolute atomic E-state index is 0.0517. The molecule has 1 unspecified atom stereocenters. The summed E-state index contributed by atoms with van der Waals surface area (Å²) in [6.07, 6.45) is 1.51. The molecule has 5 heteroatoms. The Balaban J connectivity index is 1.85. The summed E-state index contributed by atoms with van der Waals surface area (Å²) in [4.78, 5) is 16.5. The van der Waals surface area contributed by atoms with Gasteiger partial charge in [-0.3, -0.25) is 4.79 Å². The highest BCUT2D eigenvalue weighted by molar-refractivity contribution is 7.13. The molecule has 1 atom stereocenters. The zero-order chi connectivity index (χ0) is 17.5. The van der Waals surface area contributed by atoms with Crippen LogP contribution in [0.5, 0.6) is 0 Å². The van der Waals surface area contributed by atoms with Gasteiger partial charge in [0.15, 0.2) is 0 Å². The van der Waals surface area contributed by atoms with E-state index in [1.165, 1.54) is 5.56 Å². The van der Waals surface area contributed by atoms with Gasteiger partial charge in [-0.25, -0.2) is 4.98 Å². The van der Waals surface area contributed by atoms with Gasteiger partial charge in [0.05, 0.1) is 18.2 Å². The van der Waals surface area contributed by atoms with Crippen molar-refractivity contribution in [3.63, 3.8) is 0 Å². The number of nitrogens with one attached hydrogen (secondary N) is 1. The summed E-state index contributed by atoms with van der Waals surface area (Å²) in [6, 6.07) is 8.38. The molecule has 0 saturated heterocycles. The number of hydrogen-bond donors (Lipinski definition) is 2. The minimum Gasteiger partial charge on any atom is -0.393 e. The summed E-state index contributed by atoms with van der Waals surface area (Å²) in [7, 11) is 0. The predicted molar refractivity (Wildman–Crippen MR) is 99.1 cm³/mol. The molecular formula is C19H26N2O2S. The highest BCUT2D eigenvalue weighted by atomic mass is 32.1. The van der Waals surface area contributed by atoms with Crippen molar-refractivity contribution in [2.45, 2.75) is 46.1 Å². The minimum atomic E-state index is -0.373. The molecule has 24 heavy (non-hydrogen) atoms. The van der Waals surface area contributed by atoms with Gasteiger partial charge in [0.25, 0.3) is 0 Å². The second kappa shape index (κ2) is 8.94. The van der Waals surface area contributed by atoms with Gasteiger partial charge in [0, 0.05) is 17.5 Å². The number of carbonyl (C=O) groups is 1. The van der Waals surface area contributed by atoms with Crippen LogP contribution in [0.15, 0.2) is 29.6 Å². The molecule has 130 valence electrons. The van der Waals surface area contributed by atoms with Crippen LogP contribution in [0.1, 0.15) is 38.4 Å². The number of carbonyl (C=O) groups excluding carboxylic acids is 1. The number of aryl methyl sites for hydroxylation is 1. The highest BCUT2D eigenvalue weighted by Gasteiger charge is 2.11. The Morgan fingerprint density at radius 1 is 1.29 bits per heavy atom. The first kappa shape index (κ1) is 18.6. The summed E-state index contributed by atoms with van der Waals surface area (Å²) in [5.41, 5.74) is 3.18. The molecule has 0 aliphatic carbocycles. The summed E-state index contributed by atoms with van der Waals surface area (Å²) >= 11 is 1.56. The smallest absolute Gasteiger partial charge is 0.226 e. The van der Waals surface area contributed by atoms with Crippen molar-refractivity contribution in [3.8, 4) is 10.6 Å². The Morgan fingerprint density at radius 3 is 2.62 bits per heavy atom. The quantitative estimate of drug-likeness (QED) is 0.770. The second-order valence-corrected chi connectivity index (χ2v) is 7.18.